The van der Waals surface area contributed by atoms with Crippen molar-refractivity contribution in [1.82, 2.24) is 9.97 Å². The Kier molecular flexibility index (Phi) is 3.97. The van der Waals surface area contributed by atoms with Crippen LogP contribution in [0.2, 0.25) is 0 Å². The second-order valence-corrected chi connectivity index (χ2v) is 5.64. The number of hydrogen-bond donors (Lipinski definition) is 2. The van der Waals surface area contributed by atoms with Crippen LogP contribution in [0.5, 0.6) is 11.5 Å². The summed E-state index contributed by atoms with van der Waals surface area (Å²) in [5.41, 5.74) is 5.13. The lowest BCUT2D eigenvalue weighted by atomic mass is 10.1. The standard InChI is InChI=1S/C19H17N3O2/c1-11-6-15-16(7-12(11)2)22-19(21-15)14(10-20)8-13-4-5-18(24-3)17(23)9-13/h4-9,23H,1-3H3,(H,21,22)/b14-8+. The number of aromatic hydroxyl groups is 1. The molecule has 1 heterocycles. The molecular formula is C19H17N3O2. The van der Waals surface area contributed by atoms with Gasteiger partial charge in [-0.05, 0) is 60.9 Å². The van der Waals surface area contributed by atoms with Gasteiger partial charge in [-0.15, -0.1) is 0 Å². The van der Waals surface area contributed by atoms with Crippen LogP contribution in [0.3, 0.4) is 0 Å². The molecule has 2 N–H and O–H groups in total. The first-order valence-corrected chi connectivity index (χ1v) is 7.48. The Balaban J connectivity index is 2.05. The predicted molar refractivity (Wildman–Crippen MR) is 93.7 cm³/mol. The second-order valence-electron chi connectivity index (χ2n) is 5.64. The highest BCUT2D eigenvalue weighted by atomic mass is 16.5. The van der Waals surface area contributed by atoms with E-state index in [0.29, 0.717) is 22.7 Å². The Labute approximate surface area is 139 Å². The number of fused-ring (bicyclic) bond motifs is 1. The van der Waals surface area contributed by atoms with E-state index in [4.69, 9.17) is 4.74 Å². The van der Waals surface area contributed by atoms with Gasteiger partial charge >= 0.3 is 0 Å². The summed E-state index contributed by atoms with van der Waals surface area (Å²) in [5, 5.41) is 19.3. The zero-order valence-electron chi connectivity index (χ0n) is 13.7. The zero-order valence-corrected chi connectivity index (χ0v) is 13.7. The van der Waals surface area contributed by atoms with Gasteiger partial charge in [-0.2, -0.15) is 5.26 Å². The molecule has 0 radical (unpaired) electrons. The van der Waals surface area contributed by atoms with Crippen molar-refractivity contribution < 1.29 is 9.84 Å². The third kappa shape index (κ3) is 2.82. The Morgan fingerprint density at radius 2 is 2.00 bits per heavy atom. The first kappa shape index (κ1) is 15.6. The number of nitrogens with zero attached hydrogens (tertiary/aromatic N) is 2. The molecule has 3 aromatic rings. The van der Waals surface area contributed by atoms with Gasteiger partial charge in [0.2, 0.25) is 0 Å². The number of imidazole rings is 1. The van der Waals surface area contributed by atoms with Crippen LogP contribution in [-0.2, 0) is 0 Å². The van der Waals surface area contributed by atoms with Crippen LogP contribution in [0, 0.1) is 25.2 Å². The number of aromatic nitrogens is 2. The molecule has 120 valence electrons. The van der Waals surface area contributed by atoms with Crippen molar-refractivity contribution in [2.24, 2.45) is 0 Å². The molecule has 3 rings (SSSR count). The number of methoxy groups -OCH3 is 1. The molecule has 0 saturated heterocycles. The fourth-order valence-electron chi connectivity index (χ4n) is 2.51. The van der Waals surface area contributed by atoms with Gasteiger partial charge in [0.05, 0.1) is 23.7 Å². The van der Waals surface area contributed by atoms with Gasteiger partial charge in [-0.3, -0.25) is 0 Å². The summed E-state index contributed by atoms with van der Waals surface area (Å²) >= 11 is 0. The van der Waals surface area contributed by atoms with Crippen LogP contribution in [0.1, 0.15) is 22.5 Å². The molecule has 0 aliphatic rings. The molecule has 0 bridgehead atoms. The number of hydrogen-bond acceptors (Lipinski definition) is 4. The molecule has 0 atom stereocenters. The zero-order chi connectivity index (χ0) is 17.3. The molecule has 5 nitrogen and oxygen atoms in total. The number of ether oxygens (including phenoxy) is 1. The van der Waals surface area contributed by atoms with Crippen molar-refractivity contribution in [3.63, 3.8) is 0 Å². The third-order valence-electron chi connectivity index (χ3n) is 3.99. The fraction of sp³-hybridized carbons (Fsp3) is 0.158. The number of rotatable bonds is 3. The van der Waals surface area contributed by atoms with E-state index in [1.54, 1.807) is 24.3 Å². The molecule has 0 amide bonds. The molecule has 0 saturated carbocycles. The minimum atomic E-state index is 0.0272. The molecule has 0 aliphatic heterocycles. The first-order valence-electron chi connectivity index (χ1n) is 7.48. The summed E-state index contributed by atoms with van der Waals surface area (Å²) in [4.78, 5) is 7.69. The van der Waals surface area contributed by atoms with E-state index in [2.05, 4.69) is 16.0 Å². The van der Waals surface area contributed by atoms with Crippen LogP contribution in [-0.4, -0.2) is 22.2 Å². The normalized spacial score (nSPS) is 11.5. The summed E-state index contributed by atoms with van der Waals surface area (Å²) in [6.45, 7) is 4.07. The number of aromatic amines is 1. The molecule has 5 heteroatoms. The van der Waals surface area contributed by atoms with Crippen LogP contribution < -0.4 is 4.74 Å². The van der Waals surface area contributed by atoms with E-state index in [9.17, 15) is 10.4 Å². The second kappa shape index (κ2) is 6.09. The summed E-state index contributed by atoms with van der Waals surface area (Å²) in [5.74, 6) is 0.924. The Morgan fingerprint density at radius 3 is 2.67 bits per heavy atom. The fourth-order valence-corrected chi connectivity index (χ4v) is 2.51. The third-order valence-corrected chi connectivity index (χ3v) is 3.99. The van der Waals surface area contributed by atoms with Crippen molar-refractivity contribution >= 4 is 22.7 Å². The molecule has 0 unspecified atom stereocenters. The monoisotopic (exact) mass is 319 g/mol. The van der Waals surface area contributed by atoms with Crippen LogP contribution in [0.4, 0.5) is 0 Å². The summed E-state index contributed by atoms with van der Waals surface area (Å²) in [7, 11) is 1.49. The van der Waals surface area contributed by atoms with Crippen molar-refractivity contribution in [3.05, 3.63) is 52.8 Å². The average Bonchev–Trinajstić information content (AvgIpc) is 2.95. The van der Waals surface area contributed by atoms with Gasteiger partial charge in [0.25, 0.3) is 0 Å². The molecule has 1 aromatic heterocycles. The van der Waals surface area contributed by atoms with E-state index in [1.807, 2.05) is 26.0 Å². The molecule has 24 heavy (non-hydrogen) atoms. The quantitative estimate of drug-likeness (QED) is 0.716. The van der Waals surface area contributed by atoms with Crippen molar-refractivity contribution in [1.29, 1.82) is 5.26 Å². The van der Waals surface area contributed by atoms with Crippen LogP contribution in [0.25, 0.3) is 22.7 Å². The number of aryl methyl sites for hydroxylation is 2. The minimum Gasteiger partial charge on any atom is -0.504 e. The van der Waals surface area contributed by atoms with Gasteiger partial charge in [-0.1, -0.05) is 6.07 Å². The molecule has 2 aromatic carbocycles. The maximum atomic E-state index is 9.86. The lowest BCUT2D eigenvalue weighted by Gasteiger charge is -2.03. The maximum absolute atomic E-state index is 9.86. The number of nitrogens with one attached hydrogen (secondary N) is 1. The first-order chi connectivity index (χ1) is 11.5. The highest BCUT2D eigenvalue weighted by Gasteiger charge is 2.10. The number of phenols is 1. The highest BCUT2D eigenvalue weighted by molar-refractivity contribution is 5.90. The number of H-pyrrole nitrogens is 1. The summed E-state index contributed by atoms with van der Waals surface area (Å²) in [6, 6.07) is 11.2. The Bertz CT molecular complexity index is 955. The van der Waals surface area contributed by atoms with Gasteiger partial charge in [-0.25, -0.2) is 4.98 Å². The number of nitriles is 1. The van der Waals surface area contributed by atoms with Gasteiger partial charge < -0.3 is 14.8 Å². The molecular weight excluding hydrogens is 302 g/mol. The van der Waals surface area contributed by atoms with E-state index in [0.717, 1.165) is 16.6 Å². The van der Waals surface area contributed by atoms with Crippen molar-refractivity contribution in [2.75, 3.05) is 7.11 Å². The maximum Gasteiger partial charge on any atom is 0.160 e. The summed E-state index contributed by atoms with van der Waals surface area (Å²) < 4.78 is 5.02. The van der Waals surface area contributed by atoms with E-state index < -0.39 is 0 Å². The van der Waals surface area contributed by atoms with E-state index in [1.165, 1.54) is 12.7 Å². The SMILES string of the molecule is COc1ccc(/C=C(\C#N)c2nc3cc(C)c(C)cc3[nH]2)cc1O. The van der Waals surface area contributed by atoms with Crippen LogP contribution in [0.15, 0.2) is 30.3 Å². The van der Waals surface area contributed by atoms with E-state index in [-0.39, 0.29) is 5.75 Å². The Hall–Kier alpha value is -3.26. The lowest BCUT2D eigenvalue weighted by molar-refractivity contribution is 0.373. The minimum absolute atomic E-state index is 0.0272. The van der Waals surface area contributed by atoms with Gasteiger partial charge in [0, 0.05) is 0 Å². The molecule has 0 aliphatic carbocycles. The van der Waals surface area contributed by atoms with Crippen molar-refractivity contribution in [3.8, 4) is 17.6 Å². The average molecular weight is 319 g/mol. The highest BCUT2D eigenvalue weighted by Crippen LogP contribution is 2.28. The van der Waals surface area contributed by atoms with Crippen LogP contribution >= 0.6 is 0 Å². The largest absolute Gasteiger partial charge is 0.504 e. The Morgan fingerprint density at radius 1 is 1.25 bits per heavy atom. The summed E-state index contributed by atoms with van der Waals surface area (Å²) in [6.07, 6.45) is 1.68. The van der Waals surface area contributed by atoms with E-state index >= 15 is 0 Å². The predicted octanol–water partition coefficient (Wildman–Crippen LogP) is 3.96. The lowest BCUT2D eigenvalue weighted by Crippen LogP contribution is -1.86. The number of phenolic OH excluding ortho intramolecular Hbond substituents is 1. The molecule has 0 fully saturated rings. The number of allylic oxidation sites excluding steroid dienone is 1. The molecule has 0 spiro atoms. The topological polar surface area (TPSA) is 81.9 Å². The van der Waals surface area contributed by atoms with Gasteiger partial charge in [0.15, 0.2) is 11.5 Å². The van der Waals surface area contributed by atoms with Crippen molar-refractivity contribution in [2.45, 2.75) is 13.8 Å². The number of benzene rings is 2. The van der Waals surface area contributed by atoms with Gasteiger partial charge in [0.1, 0.15) is 11.9 Å². The smallest absolute Gasteiger partial charge is 0.160 e.